The van der Waals surface area contributed by atoms with Gasteiger partial charge in [-0.15, -0.1) is 0 Å². The Kier molecular flexibility index (Phi) is 4.21. The number of aromatic hydroxyl groups is 1. The van der Waals surface area contributed by atoms with Crippen LogP contribution in [0.15, 0.2) is 54.7 Å². The van der Waals surface area contributed by atoms with Crippen LogP contribution in [-0.2, 0) is 0 Å². The number of hydrogen-bond acceptors (Lipinski definition) is 5. The smallest absolute Gasteiger partial charge is 0.273 e. The van der Waals surface area contributed by atoms with Crippen molar-refractivity contribution in [2.24, 2.45) is 0 Å². The van der Waals surface area contributed by atoms with Crippen LogP contribution in [0.2, 0.25) is 0 Å². The number of H-pyrrole nitrogens is 2. The Morgan fingerprint density at radius 1 is 1.07 bits per heavy atom. The predicted octanol–water partition coefficient (Wildman–Crippen LogP) is 2.89. The zero-order chi connectivity index (χ0) is 19.7. The second-order valence-electron chi connectivity index (χ2n) is 6.10. The number of ketones is 1. The molecule has 8 nitrogen and oxygen atoms in total. The average molecular weight is 374 g/mol. The Morgan fingerprint density at radius 3 is 2.64 bits per heavy atom. The number of aldehydes is 1. The van der Waals surface area contributed by atoms with E-state index in [4.69, 9.17) is 0 Å². The van der Waals surface area contributed by atoms with E-state index in [1.54, 1.807) is 48.5 Å². The number of rotatable bonds is 5. The maximum Gasteiger partial charge on any atom is 0.273 e. The molecule has 0 saturated carbocycles. The Bertz CT molecular complexity index is 1210. The van der Waals surface area contributed by atoms with Crippen LogP contribution in [0.5, 0.6) is 5.88 Å². The van der Waals surface area contributed by atoms with E-state index >= 15 is 0 Å². The van der Waals surface area contributed by atoms with E-state index in [0.717, 1.165) is 0 Å². The minimum Gasteiger partial charge on any atom is -0.494 e. The summed E-state index contributed by atoms with van der Waals surface area (Å²) in [6, 6.07) is 12.9. The second kappa shape index (κ2) is 6.84. The van der Waals surface area contributed by atoms with Crippen LogP contribution in [0, 0.1) is 0 Å². The van der Waals surface area contributed by atoms with Gasteiger partial charge in [0.2, 0.25) is 0 Å². The van der Waals surface area contributed by atoms with E-state index in [0.29, 0.717) is 39.7 Å². The van der Waals surface area contributed by atoms with Crippen LogP contribution in [0.4, 0.5) is 5.69 Å². The maximum absolute atomic E-state index is 12.8. The Balaban J connectivity index is 1.62. The third-order valence-electron chi connectivity index (χ3n) is 4.33. The fraction of sp³-hybridized carbons (Fsp3) is 0. The molecule has 0 spiro atoms. The number of benzene rings is 2. The summed E-state index contributed by atoms with van der Waals surface area (Å²) in [4.78, 5) is 38.7. The minimum absolute atomic E-state index is 0.150. The first-order valence-electron chi connectivity index (χ1n) is 8.32. The highest BCUT2D eigenvalue weighted by Gasteiger charge is 2.15. The third kappa shape index (κ3) is 3.03. The molecule has 8 heteroatoms. The molecule has 0 radical (unpaired) electrons. The molecule has 0 atom stereocenters. The normalized spacial score (nSPS) is 10.7. The van der Waals surface area contributed by atoms with Crippen LogP contribution in [0.3, 0.4) is 0 Å². The van der Waals surface area contributed by atoms with E-state index in [1.165, 1.54) is 6.20 Å². The number of aromatic nitrogens is 3. The molecule has 0 aliphatic carbocycles. The van der Waals surface area contributed by atoms with Crippen molar-refractivity contribution in [1.29, 1.82) is 0 Å². The highest BCUT2D eigenvalue weighted by atomic mass is 16.3. The summed E-state index contributed by atoms with van der Waals surface area (Å²) in [7, 11) is 0. The summed E-state index contributed by atoms with van der Waals surface area (Å²) in [5, 5.41) is 19.3. The number of aromatic amines is 2. The molecule has 4 N–H and O–H groups in total. The molecule has 0 aliphatic rings. The maximum atomic E-state index is 12.8. The molecule has 0 unspecified atom stereocenters. The van der Waals surface area contributed by atoms with Gasteiger partial charge in [0.15, 0.2) is 17.9 Å². The standard InChI is InChI=1S/C20H14N4O4/c25-10-15-14-5-4-12(9-17(14)23-19(15)27)18(26)11-2-1-3-13(8-11)22-20(28)16-6-7-21-24-16/h1-10,23,27H,(H,21,24)(H,22,28). The molecule has 0 saturated heterocycles. The quantitative estimate of drug-likeness (QED) is 0.315. The molecule has 28 heavy (non-hydrogen) atoms. The van der Waals surface area contributed by atoms with Crippen molar-refractivity contribution in [3.05, 3.63) is 77.1 Å². The summed E-state index contributed by atoms with van der Waals surface area (Å²) in [5.74, 6) is -0.869. The summed E-state index contributed by atoms with van der Waals surface area (Å²) < 4.78 is 0. The first-order chi connectivity index (χ1) is 13.6. The Labute approximate surface area is 158 Å². The molecular formula is C20H14N4O4. The van der Waals surface area contributed by atoms with Crippen LogP contribution in [-0.4, -0.2) is 38.3 Å². The van der Waals surface area contributed by atoms with Crippen molar-refractivity contribution in [1.82, 2.24) is 15.2 Å². The predicted molar refractivity (Wildman–Crippen MR) is 102 cm³/mol. The Morgan fingerprint density at radius 2 is 1.89 bits per heavy atom. The molecule has 2 aromatic heterocycles. The number of amides is 1. The molecule has 0 fully saturated rings. The molecule has 2 heterocycles. The fourth-order valence-electron chi connectivity index (χ4n) is 2.95. The van der Waals surface area contributed by atoms with Gasteiger partial charge in [-0.05, 0) is 24.3 Å². The summed E-state index contributed by atoms with van der Waals surface area (Å²) in [6.45, 7) is 0. The van der Waals surface area contributed by atoms with Crippen LogP contribution >= 0.6 is 0 Å². The van der Waals surface area contributed by atoms with Crippen LogP contribution in [0.25, 0.3) is 10.9 Å². The van der Waals surface area contributed by atoms with Gasteiger partial charge in [0.25, 0.3) is 5.91 Å². The summed E-state index contributed by atoms with van der Waals surface area (Å²) in [6.07, 6.45) is 2.03. The van der Waals surface area contributed by atoms with E-state index in [2.05, 4.69) is 20.5 Å². The number of anilines is 1. The van der Waals surface area contributed by atoms with E-state index in [-0.39, 0.29) is 23.1 Å². The van der Waals surface area contributed by atoms with Gasteiger partial charge in [-0.1, -0.05) is 24.3 Å². The van der Waals surface area contributed by atoms with E-state index < -0.39 is 0 Å². The molecule has 138 valence electrons. The lowest BCUT2D eigenvalue weighted by molar-refractivity contribution is 0.101. The SMILES string of the molecule is O=Cc1c(O)[nH]c2cc(C(=O)c3cccc(NC(=O)c4ccn[nH]4)c3)ccc12. The number of hydrogen-bond donors (Lipinski definition) is 4. The minimum atomic E-state index is -0.369. The number of carbonyl (C=O) groups is 3. The van der Waals surface area contributed by atoms with Crippen LogP contribution in [0.1, 0.15) is 36.8 Å². The lowest BCUT2D eigenvalue weighted by Gasteiger charge is -2.07. The monoisotopic (exact) mass is 374 g/mol. The second-order valence-corrected chi connectivity index (χ2v) is 6.10. The lowest BCUT2D eigenvalue weighted by atomic mass is 10.0. The third-order valence-corrected chi connectivity index (χ3v) is 4.33. The topological polar surface area (TPSA) is 128 Å². The number of fused-ring (bicyclic) bond motifs is 1. The van der Waals surface area contributed by atoms with Gasteiger partial charge in [0.1, 0.15) is 5.69 Å². The van der Waals surface area contributed by atoms with Gasteiger partial charge in [-0.25, -0.2) is 0 Å². The highest BCUT2D eigenvalue weighted by Crippen LogP contribution is 2.27. The molecule has 2 aromatic carbocycles. The van der Waals surface area contributed by atoms with Crippen molar-refractivity contribution >= 4 is 34.6 Å². The van der Waals surface area contributed by atoms with E-state index in [1.807, 2.05) is 0 Å². The molecular weight excluding hydrogens is 360 g/mol. The molecule has 4 aromatic rings. The lowest BCUT2D eigenvalue weighted by Crippen LogP contribution is -2.13. The zero-order valence-electron chi connectivity index (χ0n) is 14.4. The van der Waals surface area contributed by atoms with Gasteiger partial charge in [-0.3, -0.25) is 19.5 Å². The van der Waals surface area contributed by atoms with Gasteiger partial charge < -0.3 is 15.4 Å². The molecule has 0 bridgehead atoms. The number of nitrogens with one attached hydrogen (secondary N) is 3. The number of nitrogens with zero attached hydrogens (tertiary/aromatic N) is 1. The fourth-order valence-corrected chi connectivity index (χ4v) is 2.95. The molecule has 4 rings (SSSR count). The summed E-state index contributed by atoms with van der Waals surface area (Å²) in [5.41, 5.74) is 2.16. The Hall–Kier alpha value is -4.20. The van der Waals surface area contributed by atoms with Crippen molar-refractivity contribution in [3.8, 4) is 5.88 Å². The average Bonchev–Trinajstić information content (AvgIpc) is 3.34. The first-order valence-corrected chi connectivity index (χ1v) is 8.32. The van der Waals surface area contributed by atoms with Gasteiger partial charge >= 0.3 is 0 Å². The van der Waals surface area contributed by atoms with E-state index in [9.17, 15) is 19.5 Å². The molecule has 1 amide bonds. The van der Waals surface area contributed by atoms with Crippen LogP contribution < -0.4 is 5.32 Å². The van der Waals surface area contributed by atoms with Crippen molar-refractivity contribution in [3.63, 3.8) is 0 Å². The van der Waals surface area contributed by atoms with Crippen molar-refractivity contribution < 1.29 is 19.5 Å². The number of carbonyl (C=O) groups excluding carboxylic acids is 3. The summed E-state index contributed by atoms with van der Waals surface area (Å²) >= 11 is 0. The van der Waals surface area contributed by atoms with Gasteiger partial charge in [-0.2, -0.15) is 5.10 Å². The van der Waals surface area contributed by atoms with Crippen molar-refractivity contribution in [2.75, 3.05) is 5.32 Å². The molecule has 0 aliphatic heterocycles. The van der Waals surface area contributed by atoms with Gasteiger partial charge in [0.05, 0.1) is 5.56 Å². The van der Waals surface area contributed by atoms with Crippen molar-refractivity contribution in [2.45, 2.75) is 0 Å². The zero-order valence-corrected chi connectivity index (χ0v) is 14.4. The first kappa shape index (κ1) is 17.2. The van der Waals surface area contributed by atoms with Gasteiger partial charge in [0, 0.05) is 33.9 Å². The largest absolute Gasteiger partial charge is 0.494 e. The highest BCUT2D eigenvalue weighted by molar-refractivity contribution is 6.12.